The lowest BCUT2D eigenvalue weighted by Crippen LogP contribution is -2.20. The van der Waals surface area contributed by atoms with Crippen LogP contribution in [0.25, 0.3) is 0 Å². The van der Waals surface area contributed by atoms with Crippen molar-refractivity contribution in [1.82, 2.24) is 0 Å². The first-order valence-electron chi connectivity index (χ1n) is 9.50. The lowest BCUT2D eigenvalue weighted by atomic mass is 9.89. The molecule has 138 valence electrons. The predicted molar refractivity (Wildman–Crippen MR) is 111 cm³/mol. The Morgan fingerprint density at radius 2 is 1.35 bits per heavy atom. The van der Waals surface area contributed by atoms with Crippen molar-refractivity contribution in [3.8, 4) is 0 Å². The van der Waals surface area contributed by atoms with Gasteiger partial charge in [-0.3, -0.25) is 9.59 Å². The molecule has 0 aliphatic carbocycles. The molecule has 0 N–H and O–H groups in total. The Labute approximate surface area is 165 Å². The van der Waals surface area contributed by atoms with Crippen LogP contribution in [0.1, 0.15) is 66.6 Å². The van der Waals surface area contributed by atoms with Crippen LogP contribution < -0.4 is 0 Å². The third-order valence-corrected chi connectivity index (χ3v) is 5.40. The summed E-state index contributed by atoms with van der Waals surface area (Å²) in [5.41, 5.74) is 3.55. The molecule has 0 bridgehead atoms. The van der Waals surface area contributed by atoms with Gasteiger partial charge in [0.25, 0.3) is 0 Å². The molecule has 0 amide bonds. The molecule has 0 saturated heterocycles. The summed E-state index contributed by atoms with van der Waals surface area (Å²) >= 11 is 3.46. The quantitative estimate of drug-likeness (QED) is 0.346. The fourth-order valence-corrected chi connectivity index (χ4v) is 3.56. The fraction of sp³-hybridized carbons (Fsp3) is 0.391. The Kier molecular flexibility index (Phi) is 8.24. The molecule has 0 unspecified atom stereocenters. The van der Waals surface area contributed by atoms with Gasteiger partial charge < -0.3 is 0 Å². The Morgan fingerprint density at radius 3 is 1.88 bits per heavy atom. The fourth-order valence-electron chi connectivity index (χ4n) is 3.13. The number of hydrogen-bond donors (Lipinski definition) is 0. The maximum absolute atomic E-state index is 13.1. The molecular formula is C23H27BrO2. The molecule has 0 aliphatic heterocycles. The average Bonchev–Trinajstić information content (AvgIpc) is 2.65. The van der Waals surface area contributed by atoms with E-state index in [1.807, 2.05) is 42.5 Å². The summed E-state index contributed by atoms with van der Waals surface area (Å²) in [7, 11) is 0. The highest BCUT2D eigenvalue weighted by Gasteiger charge is 2.23. The van der Waals surface area contributed by atoms with E-state index in [9.17, 15) is 9.59 Å². The Bertz CT molecular complexity index is 738. The van der Waals surface area contributed by atoms with Gasteiger partial charge in [-0.15, -0.1) is 0 Å². The van der Waals surface area contributed by atoms with Gasteiger partial charge in [0, 0.05) is 16.5 Å². The zero-order valence-electron chi connectivity index (χ0n) is 15.7. The molecule has 2 aromatic rings. The normalized spacial score (nSPS) is 10.7. The zero-order valence-corrected chi connectivity index (χ0v) is 17.3. The van der Waals surface area contributed by atoms with Gasteiger partial charge >= 0.3 is 0 Å². The van der Waals surface area contributed by atoms with Gasteiger partial charge in [-0.25, -0.2) is 0 Å². The van der Waals surface area contributed by atoms with E-state index in [1.165, 1.54) is 0 Å². The summed E-state index contributed by atoms with van der Waals surface area (Å²) in [6, 6.07) is 13.6. The summed E-state index contributed by atoms with van der Waals surface area (Å²) in [6.45, 7) is 4.28. The molecule has 0 aromatic heterocycles. The molecule has 26 heavy (non-hydrogen) atoms. The summed E-state index contributed by atoms with van der Waals surface area (Å²) in [6.07, 6.45) is 6.01. The molecule has 0 aliphatic rings. The molecule has 2 aromatic carbocycles. The number of rotatable bonds is 10. The first-order chi connectivity index (χ1) is 12.6. The standard InChI is InChI=1S/C23H27BrO2/c1-3-5-10-17-13-9-14-18(11-6-4-2)22(17)23(26)21(25)16-19-12-7-8-15-20(19)24/h7-9,12-15H,3-6,10-11,16H2,1-2H3. The molecule has 0 saturated carbocycles. The maximum Gasteiger partial charge on any atom is 0.229 e. The van der Waals surface area contributed by atoms with Crippen molar-refractivity contribution in [3.63, 3.8) is 0 Å². The van der Waals surface area contributed by atoms with Crippen molar-refractivity contribution in [2.24, 2.45) is 0 Å². The van der Waals surface area contributed by atoms with Crippen LogP contribution in [0.5, 0.6) is 0 Å². The second-order valence-corrected chi connectivity index (χ2v) is 7.53. The highest BCUT2D eigenvalue weighted by Crippen LogP contribution is 2.22. The van der Waals surface area contributed by atoms with Gasteiger partial charge in [0.1, 0.15) is 0 Å². The number of carbonyl (C=O) groups is 2. The molecule has 3 heteroatoms. The van der Waals surface area contributed by atoms with Crippen molar-refractivity contribution in [2.75, 3.05) is 0 Å². The topological polar surface area (TPSA) is 34.1 Å². The predicted octanol–water partition coefficient (Wildman–Crippen LogP) is 6.13. The molecule has 0 atom stereocenters. The van der Waals surface area contributed by atoms with Gasteiger partial charge in [-0.1, -0.05) is 79.0 Å². The van der Waals surface area contributed by atoms with E-state index < -0.39 is 0 Å². The van der Waals surface area contributed by atoms with Crippen LogP contribution in [0.2, 0.25) is 0 Å². The maximum atomic E-state index is 13.1. The summed E-state index contributed by atoms with van der Waals surface area (Å²) in [5, 5.41) is 0. The molecule has 2 rings (SSSR count). The van der Waals surface area contributed by atoms with Crippen molar-refractivity contribution in [1.29, 1.82) is 0 Å². The number of halogens is 1. The minimum Gasteiger partial charge on any atom is -0.290 e. The minimum absolute atomic E-state index is 0.135. The van der Waals surface area contributed by atoms with Crippen molar-refractivity contribution in [3.05, 3.63) is 69.2 Å². The van der Waals surface area contributed by atoms with E-state index in [0.717, 1.165) is 59.7 Å². The van der Waals surface area contributed by atoms with Crippen molar-refractivity contribution < 1.29 is 9.59 Å². The molecule has 0 spiro atoms. The molecule has 0 radical (unpaired) electrons. The summed E-state index contributed by atoms with van der Waals surface area (Å²) in [5.74, 6) is -0.669. The van der Waals surface area contributed by atoms with E-state index >= 15 is 0 Å². The van der Waals surface area contributed by atoms with Crippen LogP contribution in [0.4, 0.5) is 0 Å². The Hall–Kier alpha value is -1.74. The van der Waals surface area contributed by atoms with Crippen molar-refractivity contribution >= 4 is 27.5 Å². The van der Waals surface area contributed by atoms with Crippen LogP contribution in [0.3, 0.4) is 0 Å². The van der Waals surface area contributed by atoms with Gasteiger partial charge in [0.2, 0.25) is 11.6 Å². The van der Waals surface area contributed by atoms with Crippen LogP contribution in [-0.2, 0) is 24.1 Å². The SMILES string of the molecule is CCCCc1cccc(CCCC)c1C(=O)C(=O)Cc1ccccc1Br. The first kappa shape index (κ1) is 20.6. The Balaban J connectivity index is 2.32. The van der Waals surface area contributed by atoms with Crippen molar-refractivity contribution in [2.45, 2.75) is 58.8 Å². The lowest BCUT2D eigenvalue weighted by Gasteiger charge is -2.14. The number of ketones is 2. The molecule has 0 heterocycles. The minimum atomic E-state index is -0.335. The first-order valence-corrected chi connectivity index (χ1v) is 10.3. The number of Topliss-reactive ketones (excluding diaryl/α,β-unsaturated/α-hetero) is 2. The van der Waals surface area contributed by atoms with Gasteiger partial charge in [-0.2, -0.15) is 0 Å². The summed E-state index contributed by atoms with van der Waals surface area (Å²) < 4.78 is 0.867. The van der Waals surface area contributed by atoms with E-state index in [1.54, 1.807) is 0 Å². The van der Waals surface area contributed by atoms with Crippen LogP contribution in [0.15, 0.2) is 46.9 Å². The Morgan fingerprint density at radius 1 is 0.808 bits per heavy atom. The lowest BCUT2D eigenvalue weighted by molar-refractivity contribution is -0.114. The second-order valence-electron chi connectivity index (χ2n) is 6.68. The third kappa shape index (κ3) is 5.38. The second kappa shape index (κ2) is 10.4. The van der Waals surface area contributed by atoms with Crippen LogP contribution in [-0.4, -0.2) is 11.6 Å². The van der Waals surface area contributed by atoms with Crippen LogP contribution >= 0.6 is 15.9 Å². The number of unbranched alkanes of at least 4 members (excludes halogenated alkanes) is 2. The van der Waals surface area contributed by atoms with E-state index in [-0.39, 0.29) is 18.0 Å². The molecule has 0 fully saturated rings. The van der Waals surface area contributed by atoms with Crippen LogP contribution in [0, 0.1) is 0 Å². The summed E-state index contributed by atoms with van der Waals surface area (Å²) in [4.78, 5) is 25.8. The number of hydrogen-bond acceptors (Lipinski definition) is 2. The smallest absolute Gasteiger partial charge is 0.229 e. The number of aryl methyl sites for hydroxylation is 2. The van der Waals surface area contributed by atoms with Gasteiger partial charge in [0.05, 0.1) is 0 Å². The zero-order chi connectivity index (χ0) is 18.9. The largest absolute Gasteiger partial charge is 0.290 e. The third-order valence-electron chi connectivity index (χ3n) is 4.63. The highest BCUT2D eigenvalue weighted by molar-refractivity contribution is 9.10. The molecular weight excluding hydrogens is 388 g/mol. The average molecular weight is 415 g/mol. The van der Waals surface area contributed by atoms with E-state index in [4.69, 9.17) is 0 Å². The number of carbonyl (C=O) groups excluding carboxylic acids is 2. The molecule has 2 nitrogen and oxygen atoms in total. The highest BCUT2D eigenvalue weighted by atomic mass is 79.9. The van der Waals surface area contributed by atoms with Gasteiger partial charge in [0.15, 0.2) is 0 Å². The van der Waals surface area contributed by atoms with E-state index in [2.05, 4.69) is 29.8 Å². The number of benzene rings is 2. The monoisotopic (exact) mass is 414 g/mol. The van der Waals surface area contributed by atoms with E-state index in [0.29, 0.717) is 5.56 Å². The van der Waals surface area contributed by atoms with Gasteiger partial charge in [-0.05, 0) is 48.4 Å².